The number of aryl methyl sites for hydroxylation is 1. The summed E-state index contributed by atoms with van der Waals surface area (Å²) in [5, 5.41) is 3.09. The maximum absolute atomic E-state index is 5.72. The highest BCUT2D eigenvalue weighted by atomic mass is 79.9. The van der Waals surface area contributed by atoms with Crippen molar-refractivity contribution in [3.05, 3.63) is 46.1 Å². The molecular formula is C14H16BrN3O. The molecule has 1 heterocycles. The number of hydrogen-bond donors (Lipinski definition) is 1. The van der Waals surface area contributed by atoms with Crippen molar-refractivity contribution in [2.45, 2.75) is 20.5 Å². The second-order valence-electron chi connectivity index (χ2n) is 4.08. The first-order chi connectivity index (χ1) is 9.19. The van der Waals surface area contributed by atoms with E-state index in [-0.39, 0.29) is 0 Å². The minimum Gasteiger partial charge on any atom is -0.473 e. The molecule has 0 aliphatic rings. The molecule has 0 saturated carbocycles. The van der Waals surface area contributed by atoms with Gasteiger partial charge in [-0.25, -0.2) is 4.98 Å². The van der Waals surface area contributed by atoms with Crippen LogP contribution in [0.25, 0.3) is 0 Å². The van der Waals surface area contributed by atoms with Crippen molar-refractivity contribution in [2.24, 2.45) is 0 Å². The van der Waals surface area contributed by atoms with Gasteiger partial charge in [0.05, 0.1) is 0 Å². The molecule has 2 aromatic rings. The third-order valence-corrected chi connectivity index (χ3v) is 3.27. The number of halogens is 1. The maximum Gasteiger partial charge on any atom is 0.226 e. The van der Waals surface area contributed by atoms with Gasteiger partial charge in [0.25, 0.3) is 0 Å². The highest BCUT2D eigenvalue weighted by Gasteiger charge is 2.04. The van der Waals surface area contributed by atoms with E-state index in [1.54, 1.807) is 0 Å². The lowest BCUT2D eigenvalue weighted by Gasteiger charge is -2.09. The maximum atomic E-state index is 5.72. The van der Waals surface area contributed by atoms with Crippen molar-refractivity contribution >= 4 is 21.9 Å². The Balaban J connectivity index is 2.09. The van der Waals surface area contributed by atoms with Gasteiger partial charge in [0, 0.05) is 28.3 Å². The number of anilines is 1. The van der Waals surface area contributed by atoms with Crippen LogP contribution in [-0.4, -0.2) is 16.5 Å². The van der Waals surface area contributed by atoms with Gasteiger partial charge in [-0.1, -0.05) is 34.1 Å². The molecule has 5 heteroatoms. The SMILES string of the molecule is CCNc1nc(C)cc(OCc2ccccc2Br)n1. The number of benzene rings is 1. The highest BCUT2D eigenvalue weighted by molar-refractivity contribution is 9.10. The lowest BCUT2D eigenvalue weighted by Crippen LogP contribution is -2.05. The lowest BCUT2D eigenvalue weighted by molar-refractivity contribution is 0.293. The fourth-order valence-corrected chi connectivity index (χ4v) is 2.02. The number of hydrogen-bond acceptors (Lipinski definition) is 4. The van der Waals surface area contributed by atoms with Crippen molar-refractivity contribution in [3.63, 3.8) is 0 Å². The first kappa shape index (κ1) is 13.8. The average Bonchev–Trinajstić information content (AvgIpc) is 2.37. The topological polar surface area (TPSA) is 47.0 Å². The molecule has 4 nitrogen and oxygen atoms in total. The monoisotopic (exact) mass is 321 g/mol. The van der Waals surface area contributed by atoms with Crippen LogP contribution < -0.4 is 10.1 Å². The van der Waals surface area contributed by atoms with E-state index in [1.807, 2.05) is 44.2 Å². The Hall–Kier alpha value is -1.62. The van der Waals surface area contributed by atoms with Crippen molar-refractivity contribution in [1.29, 1.82) is 0 Å². The molecule has 0 saturated heterocycles. The van der Waals surface area contributed by atoms with Gasteiger partial charge in [0.2, 0.25) is 11.8 Å². The number of ether oxygens (including phenoxy) is 1. The number of nitrogens with one attached hydrogen (secondary N) is 1. The standard InChI is InChI=1S/C14H16BrN3O/c1-3-16-14-17-10(2)8-13(18-14)19-9-11-6-4-5-7-12(11)15/h4-8H,3,9H2,1-2H3,(H,16,17,18). The van der Waals surface area contributed by atoms with Gasteiger partial charge in [-0.3, -0.25) is 0 Å². The molecule has 19 heavy (non-hydrogen) atoms. The van der Waals surface area contributed by atoms with Crippen LogP contribution in [0.2, 0.25) is 0 Å². The van der Waals surface area contributed by atoms with E-state index in [0.29, 0.717) is 18.4 Å². The predicted octanol–water partition coefficient (Wildman–Crippen LogP) is 3.56. The van der Waals surface area contributed by atoms with Crippen LogP contribution in [-0.2, 0) is 6.61 Å². The van der Waals surface area contributed by atoms with Gasteiger partial charge in [0.1, 0.15) is 6.61 Å². The van der Waals surface area contributed by atoms with Gasteiger partial charge in [-0.2, -0.15) is 4.98 Å². The summed E-state index contributed by atoms with van der Waals surface area (Å²) in [4.78, 5) is 8.59. The third kappa shape index (κ3) is 3.92. The van der Waals surface area contributed by atoms with Crippen LogP contribution in [0, 0.1) is 6.92 Å². The zero-order valence-electron chi connectivity index (χ0n) is 11.0. The predicted molar refractivity (Wildman–Crippen MR) is 79.4 cm³/mol. The molecule has 0 aliphatic carbocycles. The molecule has 100 valence electrons. The molecule has 0 unspecified atom stereocenters. The minimum atomic E-state index is 0.476. The van der Waals surface area contributed by atoms with Crippen LogP contribution in [0.3, 0.4) is 0 Å². The van der Waals surface area contributed by atoms with E-state index in [9.17, 15) is 0 Å². The largest absolute Gasteiger partial charge is 0.473 e. The van der Waals surface area contributed by atoms with E-state index >= 15 is 0 Å². The molecule has 0 radical (unpaired) electrons. The fraction of sp³-hybridized carbons (Fsp3) is 0.286. The van der Waals surface area contributed by atoms with Crippen LogP contribution in [0.5, 0.6) is 5.88 Å². The molecule has 0 fully saturated rings. The first-order valence-electron chi connectivity index (χ1n) is 6.15. The molecule has 0 atom stereocenters. The Morgan fingerprint density at radius 1 is 1.26 bits per heavy atom. The molecule has 1 N–H and O–H groups in total. The molecule has 0 bridgehead atoms. The summed E-state index contributed by atoms with van der Waals surface area (Å²) in [5.41, 5.74) is 1.97. The Morgan fingerprint density at radius 3 is 2.79 bits per heavy atom. The minimum absolute atomic E-state index is 0.476. The van der Waals surface area contributed by atoms with Gasteiger partial charge >= 0.3 is 0 Å². The summed E-state index contributed by atoms with van der Waals surface area (Å²) in [5.74, 6) is 1.18. The average molecular weight is 322 g/mol. The summed E-state index contributed by atoms with van der Waals surface area (Å²) < 4.78 is 6.75. The number of aromatic nitrogens is 2. The summed E-state index contributed by atoms with van der Waals surface area (Å²) >= 11 is 3.50. The van der Waals surface area contributed by atoms with Gasteiger partial charge in [0.15, 0.2) is 0 Å². The molecule has 1 aromatic heterocycles. The zero-order valence-corrected chi connectivity index (χ0v) is 12.6. The summed E-state index contributed by atoms with van der Waals surface area (Å²) in [6.07, 6.45) is 0. The zero-order chi connectivity index (χ0) is 13.7. The van der Waals surface area contributed by atoms with Gasteiger partial charge in [-0.05, 0) is 19.9 Å². The second-order valence-corrected chi connectivity index (χ2v) is 4.94. The van der Waals surface area contributed by atoms with Crippen LogP contribution in [0.1, 0.15) is 18.2 Å². The van der Waals surface area contributed by atoms with Gasteiger partial charge < -0.3 is 10.1 Å². The molecule has 0 amide bonds. The Kier molecular flexibility index (Phi) is 4.74. The summed E-state index contributed by atoms with van der Waals surface area (Å²) in [7, 11) is 0. The van der Waals surface area contributed by atoms with E-state index in [1.165, 1.54) is 0 Å². The number of rotatable bonds is 5. The van der Waals surface area contributed by atoms with Crippen molar-refractivity contribution in [3.8, 4) is 5.88 Å². The quantitative estimate of drug-likeness (QED) is 0.914. The Labute approximate surface area is 121 Å². The van der Waals surface area contributed by atoms with E-state index in [0.717, 1.165) is 22.3 Å². The van der Waals surface area contributed by atoms with E-state index in [2.05, 4.69) is 31.2 Å². The molecule has 0 aliphatic heterocycles. The number of nitrogens with zero attached hydrogens (tertiary/aromatic N) is 2. The summed E-state index contributed by atoms with van der Waals surface area (Å²) in [6.45, 7) is 5.19. The summed E-state index contributed by atoms with van der Waals surface area (Å²) in [6, 6.07) is 9.81. The Bertz CT molecular complexity index is 560. The van der Waals surface area contributed by atoms with E-state index < -0.39 is 0 Å². The van der Waals surface area contributed by atoms with Crippen LogP contribution >= 0.6 is 15.9 Å². The van der Waals surface area contributed by atoms with Crippen LogP contribution in [0.4, 0.5) is 5.95 Å². The smallest absolute Gasteiger partial charge is 0.226 e. The molecular weight excluding hydrogens is 306 g/mol. The van der Waals surface area contributed by atoms with Crippen LogP contribution in [0.15, 0.2) is 34.8 Å². The normalized spacial score (nSPS) is 10.3. The molecule has 0 spiro atoms. The third-order valence-electron chi connectivity index (χ3n) is 2.50. The van der Waals surface area contributed by atoms with Crippen molar-refractivity contribution < 1.29 is 4.74 Å². The molecule has 1 aromatic carbocycles. The van der Waals surface area contributed by atoms with Gasteiger partial charge in [-0.15, -0.1) is 0 Å². The lowest BCUT2D eigenvalue weighted by atomic mass is 10.2. The highest BCUT2D eigenvalue weighted by Crippen LogP contribution is 2.19. The van der Waals surface area contributed by atoms with Crippen molar-refractivity contribution in [2.75, 3.05) is 11.9 Å². The first-order valence-corrected chi connectivity index (χ1v) is 6.94. The van der Waals surface area contributed by atoms with Crippen molar-refractivity contribution in [1.82, 2.24) is 9.97 Å². The second kappa shape index (κ2) is 6.52. The fourth-order valence-electron chi connectivity index (χ4n) is 1.62. The van der Waals surface area contributed by atoms with E-state index in [4.69, 9.17) is 4.74 Å². The molecule has 2 rings (SSSR count). The Morgan fingerprint density at radius 2 is 2.05 bits per heavy atom.